The summed E-state index contributed by atoms with van der Waals surface area (Å²) in [7, 11) is 0. The van der Waals surface area contributed by atoms with Crippen LogP contribution in [0.15, 0.2) is 0 Å². The zero-order valence-electron chi connectivity index (χ0n) is 7.90. The Hall–Kier alpha value is -0.230. The second-order valence-corrected chi connectivity index (χ2v) is 5.55. The molecular weight excluding hydrogens is 222 g/mol. The van der Waals surface area contributed by atoms with Gasteiger partial charge in [0.1, 0.15) is 5.01 Å². The van der Waals surface area contributed by atoms with E-state index in [1.165, 1.54) is 11.3 Å². The van der Waals surface area contributed by atoms with Crippen molar-refractivity contribution in [3.05, 3.63) is 9.47 Å². The molecule has 0 saturated carbocycles. The van der Waals surface area contributed by atoms with Gasteiger partial charge >= 0.3 is 0 Å². The predicted molar refractivity (Wildman–Crippen MR) is 55.4 cm³/mol. The molecule has 1 aromatic rings. The number of halogens is 1. The second kappa shape index (κ2) is 3.73. The van der Waals surface area contributed by atoms with Crippen molar-refractivity contribution in [3.8, 4) is 0 Å². The normalized spacial score (nSPS) is 28.5. The average molecular weight is 234 g/mol. The molecule has 0 radical (unpaired) electrons. The molecule has 2 rings (SSSR count). The molecule has 1 N–H and O–H groups in total. The van der Waals surface area contributed by atoms with Crippen molar-refractivity contribution < 1.29 is 5.11 Å². The minimum atomic E-state index is -0.547. The summed E-state index contributed by atoms with van der Waals surface area (Å²) in [5.74, 6) is 0. The van der Waals surface area contributed by atoms with Crippen LogP contribution in [0.2, 0.25) is 4.47 Å². The lowest BCUT2D eigenvalue weighted by Crippen LogP contribution is -2.29. The van der Waals surface area contributed by atoms with E-state index >= 15 is 0 Å². The number of nitrogens with zero attached hydrogens (tertiary/aromatic N) is 3. The number of likely N-dealkylation sites (tertiary alicyclic amines) is 1. The van der Waals surface area contributed by atoms with Crippen LogP contribution in [0, 0.1) is 0 Å². The highest BCUT2D eigenvalue weighted by Crippen LogP contribution is 2.23. The summed E-state index contributed by atoms with van der Waals surface area (Å²) >= 11 is 7.07. The van der Waals surface area contributed by atoms with E-state index in [4.69, 9.17) is 11.6 Å². The Morgan fingerprint density at radius 3 is 2.93 bits per heavy atom. The smallest absolute Gasteiger partial charge is 0.207 e. The third-order valence-electron chi connectivity index (χ3n) is 2.33. The fourth-order valence-electron chi connectivity index (χ4n) is 1.66. The molecule has 1 atom stereocenters. The number of aromatic nitrogens is 2. The minimum Gasteiger partial charge on any atom is -0.389 e. The van der Waals surface area contributed by atoms with Crippen LogP contribution in [0.5, 0.6) is 0 Å². The van der Waals surface area contributed by atoms with Crippen molar-refractivity contribution in [2.45, 2.75) is 25.5 Å². The van der Waals surface area contributed by atoms with Gasteiger partial charge in [0.05, 0.1) is 12.1 Å². The number of aliphatic hydroxyl groups is 1. The van der Waals surface area contributed by atoms with Crippen LogP contribution in [0.1, 0.15) is 18.4 Å². The van der Waals surface area contributed by atoms with Crippen LogP contribution < -0.4 is 0 Å². The first-order valence-electron chi connectivity index (χ1n) is 4.48. The van der Waals surface area contributed by atoms with Gasteiger partial charge in [-0.2, -0.15) is 0 Å². The van der Waals surface area contributed by atoms with E-state index in [2.05, 4.69) is 15.1 Å². The molecular formula is C8H12ClN3OS. The van der Waals surface area contributed by atoms with E-state index in [0.29, 0.717) is 11.0 Å². The van der Waals surface area contributed by atoms with E-state index in [1.807, 2.05) is 6.92 Å². The first-order chi connectivity index (χ1) is 6.55. The molecule has 4 nitrogen and oxygen atoms in total. The highest BCUT2D eigenvalue weighted by Gasteiger charge is 2.31. The van der Waals surface area contributed by atoms with Crippen molar-refractivity contribution in [2.24, 2.45) is 0 Å². The Bertz CT molecular complexity index is 328. The molecule has 1 aliphatic heterocycles. The van der Waals surface area contributed by atoms with Crippen LogP contribution in [0.3, 0.4) is 0 Å². The van der Waals surface area contributed by atoms with Crippen LogP contribution in [-0.2, 0) is 6.54 Å². The Labute approximate surface area is 91.5 Å². The average Bonchev–Trinajstić information content (AvgIpc) is 2.59. The zero-order chi connectivity index (χ0) is 10.2. The Morgan fingerprint density at radius 1 is 1.64 bits per heavy atom. The summed E-state index contributed by atoms with van der Waals surface area (Å²) < 4.78 is 0.478. The summed E-state index contributed by atoms with van der Waals surface area (Å²) in [6.07, 6.45) is 0.819. The van der Waals surface area contributed by atoms with E-state index < -0.39 is 5.60 Å². The van der Waals surface area contributed by atoms with Gasteiger partial charge in [-0.05, 0) is 24.9 Å². The molecule has 1 aromatic heterocycles. The first-order valence-corrected chi connectivity index (χ1v) is 5.67. The molecule has 14 heavy (non-hydrogen) atoms. The molecule has 2 heterocycles. The second-order valence-electron chi connectivity index (χ2n) is 3.91. The lowest BCUT2D eigenvalue weighted by atomic mass is 10.1. The van der Waals surface area contributed by atoms with Gasteiger partial charge in [-0.1, -0.05) is 11.3 Å². The maximum atomic E-state index is 9.75. The lowest BCUT2D eigenvalue weighted by molar-refractivity contribution is 0.0678. The van der Waals surface area contributed by atoms with Gasteiger partial charge in [-0.15, -0.1) is 10.2 Å². The number of β-amino-alcohol motifs (C(OH)–C–C–N with tert-alkyl or cyclic N) is 1. The molecule has 6 heteroatoms. The maximum absolute atomic E-state index is 9.75. The summed E-state index contributed by atoms with van der Waals surface area (Å²) in [5, 5.41) is 18.3. The van der Waals surface area contributed by atoms with Crippen LogP contribution >= 0.6 is 22.9 Å². The number of hydrogen-bond acceptors (Lipinski definition) is 5. The standard InChI is InChI=1S/C8H12ClN3OS/c1-8(13)2-3-12(5-8)4-6-10-11-7(9)14-6/h13H,2-5H2,1H3. The Kier molecular flexibility index (Phi) is 2.74. The fraction of sp³-hybridized carbons (Fsp3) is 0.750. The molecule has 0 bridgehead atoms. The molecule has 78 valence electrons. The highest BCUT2D eigenvalue weighted by molar-refractivity contribution is 7.15. The van der Waals surface area contributed by atoms with Gasteiger partial charge in [0.15, 0.2) is 0 Å². The third kappa shape index (κ3) is 2.42. The van der Waals surface area contributed by atoms with Crippen molar-refractivity contribution in [1.82, 2.24) is 15.1 Å². The fourth-order valence-corrected chi connectivity index (χ4v) is 2.57. The largest absolute Gasteiger partial charge is 0.389 e. The molecule has 1 saturated heterocycles. The zero-order valence-corrected chi connectivity index (χ0v) is 9.48. The van der Waals surface area contributed by atoms with Crippen molar-refractivity contribution in [2.75, 3.05) is 13.1 Å². The monoisotopic (exact) mass is 233 g/mol. The van der Waals surface area contributed by atoms with Crippen LogP contribution in [0.25, 0.3) is 0 Å². The molecule has 1 unspecified atom stereocenters. The van der Waals surface area contributed by atoms with Crippen LogP contribution in [0.4, 0.5) is 0 Å². The number of hydrogen-bond donors (Lipinski definition) is 1. The molecule has 1 aliphatic rings. The minimum absolute atomic E-state index is 0.478. The Balaban J connectivity index is 1.94. The van der Waals surface area contributed by atoms with Gasteiger partial charge in [-0.3, -0.25) is 4.90 Å². The third-order valence-corrected chi connectivity index (χ3v) is 3.34. The topological polar surface area (TPSA) is 49.2 Å². The molecule has 0 aliphatic carbocycles. The lowest BCUT2D eigenvalue weighted by Gasteiger charge is -2.17. The predicted octanol–water partition coefficient (Wildman–Crippen LogP) is 1.15. The summed E-state index contributed by atoms with van der Waals surface area (Å²) in [6, 6.07) is 0. The van der Waals surface area contributed by atoms with Gasteiger partial charge in [0.2, 0.25) is 4.47 Å². The highest BCUT2D eigenvalue weighted by atomic mass is 35.5. The quantitative estimate of drug-likeness (QED) is 0.833. The van der Waals surface area contributed by atoms with E-state index in [9.17, 15) is 5.11 Å². The molecule has 1 fully saturated rings. The molecule has 0 spiro atoms. The first kappa shape index (κ1) is 10.3. The van der Waals surface area contributed by atoms with Crippen LogP contribution in [-0.4, -0.2) is 38.9 Å². The van der Waals surface area contributed by atoms with Gasteiger partial charge < -0.3 is 5.11 Å². The molecule has 0 amide bonds. The summed E-state index contributed by atoms with van der Waals surface area (Å²) in [6.45, 7) is 4.20. The van der Waals surface area contributed by atoms with E-state index in [0.717, 1.165) is 24.5 Å². The van der Waals surface area contributed by atoms with Crippen molar-refractivity contribution in [1.29, 1.82) is 0 Å². The molecule has 0 aromatic carbocycles. The summed E-state index contributed by atoms with van der Waals surface area (Å²) in [4.78, 5) is 2.16. The van der Waals surface area contributed by atoms with Crippen molar-refractivity contribution >= 4 is 22.9 Å². The summed E-state index contributed by atoms with van der Waals surface area (Å²) in [5.41, 5.74) is -0.547. The number of rotatable bonds is 2. The van der Waals surface area contributed by atoms with Gasteiger partial charge in [-0.25, -0.2) is 0 Å². The maximum Gasteiger partial charge on any atom is 0.207 e. The van der Waals surface area contributed by atoms with E-state index in [-0.39, 0.29) is 0 Å². The SMILES string of the molecule is CC1(O)CCN(Cc2nnc(Cl)s2)C1. The Morgan fingerprint density at radius 2 is 2.43 bits per heavy atom. The van der Waals surface area contributed by atoms with Gasteiger partial charge in [0, 0.05) is 13.1 Å². The van der Waals surface area contributed by atoms with E-state index in [1.54, 1.807) is 0 Å². The van der Waals surface area contributed by atoms with Crippen molar-refractivity contribution in [3.63, 3.8) is 0 Å². The van der Waals surface area contributed by atoms with Gasteiger partial charge in [0.25, 0.3) is 0 Å².